The van der Waals surface area contributed by atoms with Gasteiger partial charge in [0.2, 0.25) is 17.7 Å². The van der Waals surface area contributed by atoms with Gasteiger partial charge in [-0.1, -0.05) is 39.8 Å². The Hall–Kier alpha value is -2.19. The Balaban J connectivity index is 2.13. The molecule has 3 heterocycles. The molecule has 1 N–H and O–H groups in total. The number of hydrogen-bond acceptors (Lipinski definition) is 5. The van der Waals surface area contributed by atoms with Gasteiger partial charge in [-0.3, -0.25) is 14.4 Å². The van der Waals surface area contributed by atoms with Crippen LogP contribution < -0.4 is 0 Å². The largest absolute Gasteiger partial charge is 0.396 e. The van der Waals surface area contributed by atoms with E-state index in [0.29, 0.717) is 38.9 Å². The average molecular weight is 560 g/mol. The van der Waals surface area contributed by atoms with Gasteiger partial charge >= 0.3 is 0 Å². The van der Waals surface area contributed by atoms with Crippen molar-refractivity contribution in [3.05, 3.63) is 25.3 Å². The molecule has 3 saturated heterocycles. The topological polar surface area (TPSA) is 90.4 Å². The second-order valence-electron chi connectivity index (χ2n) is 14.3. The summed E-state index contributed by atoms with van der Waals surface area (Å²) in [5.74, 6) is -1.87. The lowest BCUT2D eigenvalue weighted by molar-refractivity contribution is -0.157. The molecule has 0 aromatic rings. The second kappa shape index (κ2) is 11.6. The van der Waals surface area contributed by atoms with Crippen molar-refractivity contribution in [2.24, 2.45) is 23.2 Å². The predicted molar refractivity (Wildman–Crippen MR) is 157 cm³/mol. The van der Waals surface area contributed by atoms with Gasteiger partial charge in [0.15, 0.2) is 0 Å². The molecule has 0 aromatic carbocycles. The number of carbonyl (C=O) groups is 3. The van der Waals surface area contributed by atoms with Crippen LogP contribution in [0.25, 0.3) is 0 Å². The van der Waals surface area contributed by atoms with Crippen molar-refractivity contribution in [1.82, 2.24) is 14.7 Å². The summed E-state index contributed by atoms with van der Waals surface area (Å²) in [6, 6.07) is -0.829. The quantitative estimate of drug-likeness (QED) is 0.272. The Kier molecular flexibility index (Phi) is 9.37. The summed E-state index contributed by atoms with van der Waals surface area (Å²) in [6.07, 6.45) is 6.75. The van der Waals surface area contributed by atoms with Crippen LogP contribution >= 0.6 is 0 Å². The molecule has 8 heteroatoms. The first kappa shape index (κ1) is 32.3. The molecule has 8 nitrogen and oxygen atoms in total. The number of unbranched alkanes of at least 4 members (excludes halogenated alkanes) is 2. The van der Waals surface area contributed by atoms with Crippen LogP contribution in [-0.2, 0) is 19.1 Å². The van der Waals surface area contributed by atoms with E-state index in [1.807, 2.05) is 11.8 Å². The Morgan fingerprint density at radius 1 is 1.10 bits per heavy atom. The van der Waals surface area contributed by atoms with E-state index in [4.69, 9.17) is 4.74 Å². The number of likely N-dealkylation sites (tertiary alicyclic amines) is 1. The molecular formula is C32H53N3O5. The maximum Gasteiger partial charge on any atom is 0.249 e. The van der Waals surface area contributed by atoms with Crippen LogP contribution in [0.2, 0.25) is 0 Å². The fourth-order valence-electron chi connectivity index (χ4n) is 8.03. The molecule has 226 valence electrons. The first-order valence-corrected chi connectivity index (χ1v) is 14.9. The molecule has 3 unspecified atom stereocenters. The standard InChI is InChI=1S/C32H53N3O5/c1-11-16-33(10)26(37)23-24-27(38)34(18-14-13-15-19-36)25(32(24)20-22(3)31(23,9)40-32)28(39)35(17-12-2)30(7,8)21-29(4,5)6/h11-12,22-25,36H,1-2,13-21H2,3-10H3/t22?,23-,24+,25?,31+,32?/m1/s1. The molecule has 0 radical (unpaired) electrons. The van der Waals surface area contributed by atoms with Gasteiger partial charge in [0.05, 0.1) is 17.4 Å². The number of aliphatic hydroxyl groups excluding tert-OH is 1. The van der Waals surface area contributed by atoms with Crippen molar-refractivity contribution in [3.63, 3.8) is 0 Å². The molecule has 3 rings (SSSR count). The molecule has 3 aliphatic heterocycles. The number of ether oxygens (including phenoxy) is 1. The molecule has 40 heavy (non-hydrogen) atoms. The van der Waals surface area contributed by atoms with Crippen molar-refractivity contribution in [3.8, 4) is 0 Å². The summed E-state index contributed by atoms with van der Waals surface area (Å²) in [5, 5.41) is 9.31. The SMILES string of the molecule is C=CCN(C)C(=O)[C@H]1[C@H]2C(=O)N(CCCCCO)C(C(=O)N(CC=C)C(C)(C)CC(C)(C)C)C23CC(C)[C@]1(C)O3. The van der Waals surface area contributed by atoms with Crippen LogP contribution in [0.3, 0.4) is 0 Å². The van der Waals surface area contributed by atoms with Crippen LogP contribution in [0.5, 0.6) is 0 Å². The predicted octanol–water partition coefficient (Wildman–Crippen LogP) is 4.03. The lowest BCUT2D eigenvalue weighted by atomic mass is 9.62. The van der Waals surface area contributed by atoms with Crippen molar-refractivity contribution in [1.29, 1.82) is 0 Å². The Morgan fingerprint density at radius 2 is 1.73 bits per heavy atom. The van der Waals surface area contributed by atoms with Crippen LogP contribution in [0.1, 0.15) is 80.6 Å². The Bertz CT molecular complexity index is 1000. The normalized spacial score (nSPS) is 31.3. The molecule has 3 fully saturated rings. The highest BCUT2D eigenvalue weighted by Gasteiger charge is 2.80. The van der Waals surface area contributed by atoms with E-state index in [1.165, 1.54) is 0 Å². The maximum atomic E-state index is 14.8. The highest BCUT2D eigenvalue weighted by atomic mass is 16.5. The van der Waals surface area contributed by atoms with E-state index in [0.717, 1.165) is 12.8 Å². The van der Waals surface area contributed by atoms with Crippen molar-refractivity contribution >= 4 is 17.7 Å². The number of amides is 3. The van der Waals surface area contributed by atoms with Gasteiger partial charge < -0.3 is 24.5 Å². The lowest BCUT2D eigenvalue weighted by Gasteiger charge is -2.45. The van der Waals surface area contributed by atoms with E-state index >= 15 is 0 Å². The van der Waals surface area contributed by atoms with Crippen molar-refractivity contribution < 1.29 is 24.2 Å². The van der Waals surface area contributed by atoms with E-state index in [9.17, 15) is 19.5 Å². The number of likely N-dealkylation sites (N-methyl/N-ethyl adjacent to an activating group) is 1. The number of hydrogen-bond donors (Lipinski definition) is 1. The van der Waals surface area contributed by atoms with Crippen LogP contribution in [0.4, 0.5) is 0 Å². The summed E-state index contributed by atoms with van der Waals surface area (Å²) in [5.41, 5.74) is -2.46. The zero-order valence-electron chi connectivity index (χ0n) is 26.2. The summed E-state index contributed by atoms with van der Waals surface area (Å²) >= 11 is 0. The molecule has 0 aliphatic carbocycles. The summed E-state index contributed by atoms with van der Waals surface area (Å²) < 4.78 is 6.90. The third-order valence-electron chi connectivity index (χ3n) is 9.42. The van der Waals surface area contributed by atoms with Crippen LogP contribution in [-0.4, -0.2) is 93.6 Å². The number of nitrogens with zero attached hydrogens (tertiary/aromatic N) is 3. The molecule has 0 saturated carbocycles. The van der Waals surface area contributed by atoms with Crippen molar-refractivity contribution in [2.45, 2.75) is 103 Å². The number of carbonyl (C=O) groups excluding carboxylic acids is 3. The zero-order chi connectivity index (χ0) is 30.3. The van der Waals surface area contributed by atoms with E-state index in [2.05, 4.69) is 54.7 Å². The fourth-order valence-corrected chi connectivity index (χ4v) is 8.03. The van der Waals surface area contributed by atoms with Gasteiger partial charge in [-0.25, -0.2) is 0 Å². The summed E-state index contributed by atoms with van der Waals surface area (Å²) in [4.78, 5) is 48.3. The third kappa shape index (κ3) is 5.50. The summed E-state index contributed by atoms with van der Waals surface area (Å²) in [7, 11) is 1.73. The van der Waals surface area contributed by atoms with Crippen LogP contribution in [0, 0.1) is 23.2 Å². The van der Waals surface area contributed by atoms with Gasteiger partial charge in [-0.2, -0.15) is 0 Å². The average Bonchev–Trinajstić information content (AvgIpc) is 3.34. The molecular weight excluding hydrogens is 506 g/mol. The fraction of sp³-hybridized carbons (Fsp3) is 0.781. The summed E-state index contributed by atoms with van der Waals surface area (Å²) in [6.45, 7) is 23.5. The minimum absolute atomic E-state index is 0.0114. The first-order valence-electron chi connectivity index (χ1n) is 14.9. The van der Waals surface area contributed by atoms with Gasteiger partial charge in [0.1, 0.15) is 11.6 Å². The van der Waals surface area contributed by atoms with Gasteiger partial charge in [0, 0.05) is 38.8 Å². The van der Waals surface area contributed by atoms with E-state index in [-0.39, 0.29) is 35.7 Å². The first-order chi connectivity index (χ1) is 18.5. The number of rotatable bonds is 13. The highest BCUT2D eigenvalue weighted by molar-refractivity contribution is 5.99. The number of aliphatic hydroxyl groups is 1. The Labute approximate surface area is 241 Å². The second-order valence-corrected chi connectivity index (χ2v) is 14.3. The third-order valence-corrected chi connectivity index (χ3v) is 9.42. The van der Waals surface area contributed by atoms with Gasteiger partial charge in [-0.15, -0.1) is 13.2 Å². The van der Waals surface area contributed by atoms with Crippen molar-refractivity contribution in [2.75, 3.05) is 33.3 Å². The smallest absolute Gasteiger partial charge is 0.249 e. The molecule has 0 aromatic heterocycles. The van der Waals surface area contributed by atoms with Gasteiger partial charge in [-0.05, 0) is 64.2 Å². The van der Waals surface area contributed by atoms with Gasteiger partial charge in [0.25, 0.3) is 0 Å². The monoisotopic (exact) mass is 559 g/mol. The lowest BCUT2D eigenvalue weighted by Crippen LogP contribution is -2.61. The molecule has 3 amide bonds. The number of fused-ring (bicyclic) bond motifs is 1. The Morgan fingerprint density at radius 3 is 2.27 bits per heavy atom. The highest BCUT2D eigenvalue weighted by Crippen LogP contribution is 2.65. The molecule has 2 bridgehead atoms. The molecule has 3 aliphatic rings. The molecule has 6 atom stereocenters. The van der Waals surface area contributed by atoms with E-state index in [1.54, 1.807) is 29.0 Å². The van der Waals surface area contributed by atoms with Crippen LogP contribution in [0.15, 0.2) is 25.3 Å². The minimum Gasteiger partial charge on any atom is -0.396 e. The maximum absolute atomic E-state index is 14.8. The zero-order valence-corrected chi connectivity index (χ0v) is 26.2. The van der Waals surface area contributed by atoms with E-state index < -0.39 is 34.6 Å². The minimum atomic E-state index is -1.08. The molecule has 1 spiro atoms.